The summed E-state index contributed by atoms with van der Waals surface area (Å²) in [6, 6.07) is 5.06. The highest BCUT2D eigenvalue weighted by molar-refractivity contribution is 7.89. The van der Waals surface area contributed by atoms with E-state index in [2.05, 4.69) is 9.88 Å². The zero-order valence-corrected chi connectivity index (χ0v) is 14.8. The van der Waals surface area contributed by atoms with Crippen molar-refractivity contribution < 1.29 is 17.7 Å². The van der Waals surface area contributed by atoms with E-state index in [1.165, 1.54) is 7.11 Å². The van der Waals surface area contributed by atoms with Gasteiger partial charge in [0.25, 0.3) is 0 Å². The van der Waals surface area contributed by atoms with Gasteiger partial charge in [0.1, 0.15) is 16.4 Å². The van der Waals surface area contributed by atoms with Gasteiger partial charge in [0.15, 0.2) is 0 Å². The van der Waals surface area contributed by atoms with Gasteiger partial charge < -0.3 is 9.26 Å². The Morgan fingerprint density at radius 2 is 2.00 bits per heavy atom. The molecular weight excluding hydrogens is 316 g/mol. The number of benzene rings is 1. The Morgan fingerprint density at radius 3 is 2.57 bits per heavy atom. The number of sulfonamides is 1. The Balaban J connectivity index is 2.21. The molecule has 1 atom stereocenters. The minimum atomic E-state index is -3.66. The third-order valence-electron chi connectivity index (χ3n) is 3.77. The lowest BCUT2D eigenvalue weighted by Crippen LogP contribution is -2.28. The predicted octanol–water partition coefficient (Wildman–Crippen LogP) is 2.69. The summed E-state index contributed by atoms with van der Waals surface area (Å²) in [7, 11) is -2.21. The first-order chi connectivity index (χ1) is 10.8. The number of nitrogens with zero attached hydrogens (tertiary/aromatic N) is 1. The number of hydrogen-bond acceptors (Lipinski definition) is 5. The fraction of sp³-hybridized carbons (Fsp3) is 0.438. The van der Waals surface area contributed by atoms with E-state index in [-0.39, 0.29) is 17.4 Å². The van der Waals surface area contributed by atoms with Gasteiger partial charge in [-0.25, -0.2) is 13.1 Å². The highest BCUT2D eigenvalue weighted by atomic mass is 32.2. The molecule has 1 aromatic carbocycles. The van der Waals surface area contributed by atoms with Crippen LogP contribution < -0.4 is 9.46 Å². The molecule has 0 amide bonds. The van der Waals surface area contributed by atoms with E-state index < -0.39 is 10.0 Å². The van der Waals surface area contributed by atoms with Crippen LogP contribution in [0.3, 0.4) is 0 Å². The zero-order valence-electron chi connectivity index (χ0n) is 14.0. The molecule has 7 heteroatoms. The Labute approximate surface area is 136 Å². The molecule has 1 N–H and O–H groups in total. The largest absolute Gasteiger partial charge is 0.495 e. The van der Waals surface area contributed by atoms with E-state index in [0.717, 1.165) is 16.8 Å². The van der Waals surface area contributed by atoms with E-state index in [1.807, 2.05) is 33.8 Å². The normalized spacial score (nSPS) is 13.1. The van der Waals surface area contributed by atoms with Crippen molar-refractivity contribution >= 4 is 10.0 Å². The van der Waals surface area contributed by atoms with Crippen molar-refractivity contribution in [1.29, 1.82) is 0 Å². The van der Waals surface area contributed by atoms with Gasteiger partial charge in [-0.05, 0) is 44.4 Å². The van der Waals surface area contributed by atoms with Crippen molar-refractivity contribution in [2.75, 3.05) is 13.7 Å². The molecule has 0 saturated heterocycles. The van der Waals surface area contributed by atoms with E-state index in [4.69, 9.17) is 9.26 Å². The molecule has 0 fully saturated rings. The molecular formula is C16H22N2O4S. The van der Waals surface area contributed by atoms with Crippen molar-refractivity contribution in [3.05, 3.63) is 40.8 Å². The highest BCUT2D eigenvalue weighted by Gasteiger charge is 2.22. The van der Waals surface area contributed by atoms with E-state index in [9.17, 15) is 8.42 Å². The monoisotopic (exact) mass is 338 g/mol. The van der Waals surface area contributed by atoms with Crippen molar-refractivity contribution in [3.8, 4) is 5.75 Å². The van der Waals surface area contributed by atoms with Crippen LogP contribution in [0, 0.1) is 20.8 Å². The fourth-order valence-electron chi connectivity index (χ4n) is 2.60. The van der Waals surface area contributed by atoms with Gasteiger partial charge in [-0.3, -0.25) is 0 Å². The number of aromatic nitrogens is 1. The van der Waals surface area contributed by atoms with E-state index in [1.54, 1.807) is 12.1 Å². The standard InChI is InChI=1S/C16H22N2O4S/c1-10-6-7-14(21-5)15(8-10)23(19,20)17-9-11(2)16-12(3)18-22-13(16)4/h6-8,11,17H,9H2,1-5H3. The number of rotatable bonds is 6. The molecule has 1 unspecified atom stereocenters. The molecule has 0 saturated carbocycles. The number of ether oxygens (including phenoxy) is 1. The van der Waals surface area contributed by atoms with Gasteiger partial charge in [0.05, 0.1) is 12.8 Å². The molecule has 0 aliphatic carbocycles. The third kappa shape index (κ3) is 3.73. The van der Waals surface area contributed by atoms with Crippen LogP contribution in [-0.2, 0) is 10.0 Å². The van der Waals surface area contributed by atoms with E-state index in [0.29, 0.717) is 11.5 Å². The number of hydrogen-bond donors (Lipinski definition) is 1. The van der Waals surface area contributed by atoms with Crippen LogP contribution in [-0.4, -0.2) is 27.2 Å². The summed E-state index contributed by atoms with van der Waals surface area (Å²) < 4.78 is 38.1. The summed E-state index contributed by atoms with van der Waals surface area (Å²) in [5.41, 5.74) is 2.57. The Kier molecular flexibility index (Phi) is 5.11. The SMILES string of the molecule is COc1ccc(C)cc1S(=O)(=O)NCC(C)c1c(C)noc1C. The average Bonchev–Trinajstić information content (AvgIpc) is 2.84. The van der Waals surface area contributed by atoms with Gasteiger partial charge in [-0.2, -0.15) is 0 Å². The van der Waals surface area contributed by atoms with Crippen LogP contribution in [0.4, 0.5) is 0 Å². The quantitative estimate of drug-likeness (QED) is 0.876. The summed E-state index contributed by atoms with van der Waals surface area (Å²) in [6.45, 7) is 7.69. The van der Waals surface area contributed by atoms with Gasteiger partial charge in [0, 0.05) is 12.1 Å². The highest BCUT2D eigenvalue weighted by Crippen LogP contribution is 2.26. The summed E-state index contributed by atoms with van der Waals surface area (Å²) in [5.74, 6) is 0.988. The van der Waals surface area contributed by atoms with Gasteiger partial charge in [0.2, 0.25) is 10.0 Å². The molecule has 1 heterocycles. The lowest BCUT2D eigenvalue weighted by molar-refractivity contribution is 0.391. The fourth-order valence-corrected chi connectivity index (χ4v) is 3.98. The molecule has 1 aromatic heterocycles. The second kappa shape index (κ2) is 6.72. The van der Waals surface area contributed by atoms with E-state index >= 15 is 0 Å². The topological polar surface area (TPSA) is 81.4 Å². The first-order valence-electron chi connectivity index (χ1n) is 7.33. The molecule has 0 aliphatic heterocycles. The summed E-state index contributed by atoms with van der Waals surface area (Å²) in [4.78, 5) is 0.144. The van der Waals surface area contributed by atoms with Crippen LogP contribution in [0.1, 0.15) is 35.4 Å². The van der Waals surface area contributed by atoms with Gasteiger partial charge >= 0.3 is 0 Å². The number of nitrogens with one attached hydrogen (secondary N) is 1. The maximum absolute atomic E-state index is 12.6. The second-order valence-electron chi connectivity index (χ2n) is 5.65. The maximum Gasteiger partial charge on any atom is 0.244 e. The Morgan fingerprint density at radius 1 is 1.30 bits per heavy atom. The molecule has 0 aliphatic rings. The summed E-state index contributed by atoms with van der Waals surface area (Å²) in [5, 5.41) is 3.91. The molecule has 126 valence electrons. The van der Waals surface area contributed by atoms with Crippen LogP contribution in [0.15, 0.2) is 27.6 Å². The average molecular weight is 338 g/mol. The van der Waals surface area contributed by atoms with Crippen molar-refractivity contribution in [1.82, 2.24) is 9.88 Å². The smallest absolute Gasteiger partial charge is 0.244 e. The summed E-state index contributed by atoms with van der Waals surface area (Å²) >= 11 is 0. The molecule has 0 radical (unpaired) electrons. The van der Waals surface area contributed by atoms with Gasteiger partial charge in [-0.1, -0.05) is 18.1 Å². The molecule has 2 rings (SSSR count). The van der Waals surface area contributed by atoms with Crippen LogP contribution in [0.2, 0.25) is 0 Å². The zero-order chi connectivity index (χ0) is 17.2. The second-order valence-corrected chi connectivity index (χ2v) is 7.38. The molecule has 2 aromatic rings. The number of aryl methyl sites for hydroxylation is 3. The predicted molar refractivity (Wildman–Crippen MR) is 87.3 cm³/mol. The lowest BCUT2D eigenvalue weighted by Gasteiger charge is -2.15. The minimum absolute atomic E-state index is 0.0492. The van der Waals surface area contributed by atoms with Crippen LogP contribution >= 0.6 is 0 Å². The van der Waals surface area contributed by atoms with Crippen molar-refractivity contribution in [2.24, 2.45) is 0 Å². The third-order valence-corrected chi connectivity index (χ3v) is 5.21. The molecule has 0 bridgehead atoms. The lowest BCUT2D eigenvalue weighted by atomic mass is 10.0. The first kappa shape index (κ1) is 17.5. The Bertz CT molecular complexity index is 777. The Hall–Kier alpha value is -1.86. The number of methoxy groups -OCH3 is 1. The van der Waals surface area contributed by atoms with Gasteiger partial charge in [-0.15, -0.1) is 0 Å². The molecule has 0 spiro atoms. The van der Waals surface area contributed by atoms with Crippen molar-refractivity contribution in [3.63, 3.8) is 0 Å². The molecule has 6 nitrogen and oxygen atoms in total. The first-order valence-corrected chi connectivity index (χ1v) is 8.81. The van der Waals surface area contributed by atoms with Crippen molar-refractivity contribution in [2.45, 2.75) is 38.5 Å². The minimum Gasteiger partial charge on any atom is -0.495 e. The molecule has 23 heavy (non-hydrogen) atoms. The summed E-state index contributed by atoms with van der Waals surface area (Å²) in [6.07, 6.45) is 0. The maximum atomic E-state index is 12.6. The van der Waals surface area contributed by atoms with Crippen LogP contribution in [0.5, 0.6) is 5.75 Å². The van der Waals surface area contributed by atoms with Crippen LogP contribution in [0.25, 0.3) is 0 Å².